The molecule has 1 aromatic carbocycles. The predicted octanol–water partition coefficient (Wildman–Crippen LogP) is 1.47. The second-order valence-electron chi connectivity index (χ2n) is 5.39. The van der Waals surface area contributed by atoms with Crippen molar-refractivity contribution >= 4 is 11.8 Å². The van der Waals surface area contributed by atoms with E-state index < -0.39 is 0 Å². The highest BCUT2D eigenvalue weighted by atomic mass is 16.3. The highest BCUT2D eigenvalue weighted by Crippen LogP contribution is 2.26. The number of carbonyl (C=O) groups is 2. The number of benzene rings is 1. The summed E-state index contributed by atoms with van der Waals surface area (Å²) < 4.78 is 0. The van der Waals surface area contributed by atoms with Crippen LogP contribution in [0.2, 0.25) is 0 Å². The molecule has 1 saturated heterocycles. The highest BCUT2D eigenvalue weighted by molar-refractivity contribution is 6.21. The molecule has 0 unspecified atom stereocenters. The van der Waals surface area contributed by atoms with Gasteiger partial charge in [-0.2, -0.15) is 0 Å². The van der Waals surface area contributed by atoms with Crippen LogP contribution >= 0.6 is 0 Å². The van der Waals surface area contributed by atoms with Crippen molar-refractivity contribution in [3.63, 3.8) is 0 Å². The zero-order valence-corrected chi connectivity index (χ0v) is 11.3. The van der Waals surface area contributed by atoms with Crippen molar-refractivity contribution in [3.05, 3.63) is 29.3 Å². The molecule has 5 nitrogen and oxygen atoms in total. The Hall–Kier alpha value is -1.88. The van der Waals surface area contributed by atoms with Gasteiger partial charge in [-0.25, -0.2) is 0 Å². The molecule has 3 rings (SSSR count). The van der Waals surface area contributed by atoms with Gasteiger partial charge in [0, 0.05) is 13.1 Å². The maximum atomic E-state index is 12.2. The number of rotatable bonds is 3. The number of hydrogen-bond acceptors (Lipinski definition) is 4. The summed E-state index contributed by atoms with van der Waals surface area (Å²) in [5.41, 5.74) is 0.708. The SMILES string of the molecule is O=C1c2ccc(O)cc2C(=O)N1CCN1CCCCC1. The van der Waals surface area contributed by atoms with Gasteiger partial charge in [-0.1, -0.05) is 6.42 Å². The van der Waals surface area contributed by atoms with Gasteiger partial charge in [0.1, 0.15) is 5.75 Å². The van der Waals surface area contributed by atoms with Crippen LogP contribution < -0.4 is 0 Å². The molecule has 0 aromatic heterocycles. The van der Waals surface area contributed by atoms with E-state index in [1.165, 1.54) is 42.4 Å². The lowest BCUT2D eigenvalue weighted by atomic mass is 10.1. The number of carbonyl (C=O) groups excluding carboxylic acids is 2. The molecule has 0 bridgehead atoms. The first-order valence-electron chi connectivity index (χ1n) is 7.08. The molecule has 2 heterocycles. The van der Waals surface area contributed by atoms with Crippen molar-refractivity contribution in [3.8, 4) is 5.75 Å². The van der Waals surface area contributed by atoms with Crippen LogP contribution in [-0.4, -0.2) is 52.9 Å². The number of likely N-dealkylation sites (tertiary alicyclic amines) is 1. The number of piperidine rings is 1. The Balaban J connectivity index is 1.69. The predicted molar refractivity (Wildman–Crippen MR) is 73.8 cm³/mol. The first-order valence-corrected chi connectivity index (χ1v) is 7.08. The number of fused-ring (bicyclic) bond motifs is 1. The highest BCUT2D eigenvalue weighted by Gasteiger charge is 2.35. The van der Waals surface area contributed by atoms with E-state index in [1.807, 2.05) is 0 Å². The van der Waals surface area contributed by atoms with E-state index in [1.54, 1.807) is 0 Å². The summed E-state index contributed by atoms with van der Waals surface area (Å²) in [5.74, 6) is -0.525. The molecule has 1 N–H and O–H groups in total. The number of aromatic hydroxyl groups is 1. The Morgan fingerprint density at radius 3 is 2.40 bits per heavy atom. The lowest BCUT2D eigenvalue weighted by molar-refractivity contribution is 0.0631. The van der Waals surface area contributed by atoms with Crippen molar-refractivity contribution < 1.29 is 14.7 Å². The van der Waals surface area contributed by atoms with Crippen LogP contribution in [0.1, 0.15) is 40.0 Å². The minimum atomic E-state index is -0.294. The van der Waals surface area contributed by atoms with Crippen LogP contribution in [0.5, 0.6) is 5.75 Å². The second kappa shape index (κ2) is 5.25. The van der Waals surface area contributed by atoms with Crippen LogP contribution in [0.25, 0.3) is 0 Å². The zero-order chi connectivity index (χ0) is 14.1. The molecule has 0 saturated carbocycles. The van der Waals surface area contributed by atoms with Crippen molar-refractivity contribution in [1.82, 2.24) is 9.80 Å². The Kier molecular flexibility index (Phi) is 3.44. The fraction of sp³-hybridized carbons (Fsp3) is 0.467. The monoisotopic (exact) mass is 274 g/mol. The molecule has 2 aliphatic heterocycles. The molecular formula is C15H18N2O3. The zero-order valence-electron chi connectivity index (χ0n) is 11.3. The topological polar surface area (TPSA) is 60.9 Å². The summed E-state index contributed by atoms with van der Waals surface area (Å²) in [6.07, 6.45) is 3.65. The maximum absolute atomic E-state index is 12.2. The van der Waals surface area contributed by atoms with Gasteiger partial charge in [-0.15, -0.1) is 0 Å². The Morgan fingerprint density at radius 2 is 1.65 bits per heavy atom. The Morgan fingerprint density at radius 1 is 0.950 bits per heavy atom. The Bertz CT molecular complexity index is 550. The van der Waals surface area contributed by atoms with Gasteiger partial charge in [0.25, 0.3) is 11.8 Å². The first kappa shape index (κ1) is 13.1. The molecule has 0 aliphatic carbocycles. The lowest BCUT2D eigenvalue weighted by Crippen LogP contribution is -2.40. The third-order valence-corrected chi connectivity index (χ3v) is 4.04. The van der Waals surface area contributed by atoms with Crippen molar-refractivity contribution in [1.29, 1.82) is 0 Å². The van der Waals surface area contributed by atoms with E-state index in [0.717, 1.165) is 19.6 Å². The van der Waals surface area contributed by atoms with Gasteiger partial charge < -0.3 is 10.0 Å². The molecule has 2 aliphatic rings. The molecule has 0 atom stereocenters. The summed E-state index contributed by atoms with van der Waals surface area (Å²) in [6.45, 7) is 3.25. The van der Waals surface area contributed by atoms with Gasteiger partial charge in [0.2, 0.25) is 0 Å². The number of phenolic OH excluding ortho intramolecular Hbond substituents is 1. The smallest absolute Gasteiger partial charge is 0.261 e. The average molecular weight is 274 g/mol. The summed E-state index contributed by atoms with van der Waals surface area (Å²) in [5, 5.41) is 9.43. The average Bonchev–Trinajstić information content (AvgIpc) is 2.70. The number of amides is 2. The van der Waals surface area contributed by atoms with Crippen LogP contribution in [-0.2, 0) is 0 Å². The molecule has 5 heteroatoms. The third-order valence-electron chi connectivity index (χ3n) is 4.04. The summed E-state index contributed by atoms with van der Waals surface area (Å²) in [6, 6.07) is 4.33. The van der Waals surface area contributed by atoms with E-state index >= 15 is 0 Å². The molecule has 0 radical (unpaired) electrons. The quantitative estimate of drug-likeness (QED) is 0.848. The Labute approximate surface area is 117 Å². The van der Waals surface area contributed by atoms with E-state index in [9.17, 15) is 14.7 Å². The number of hydrogen-bond donors (Lipinski definition) is 1. The standard InChI is InChI=1S/C15H18N2O3/c18-11-4-5-12-13(10-11)15(20)17(14(12)19)9-8-16-6-2-1-3-7-16/h4-5,10,18H,1-3,6-9H2. The molecule has 1 aromatic rings. The van der Waals surface area contributed by atoms with Crippen molar-refractivity contribution in [2.45, 2.75) is 19.3 Å². The molecule has 106 valence electrons. The molecular weight excluding hydrogens is 256 g/mol. The van der Waals surface area contributed by atoms with Gasteiger partial charge in [-0.05, 0) is 44.1 Å². The van der Waals surface area contributed by atoms with E-state index in [2.05, 4.69) is 4.90 Å². The van der Waals surface area contributed by atoms with Crippen LogP contribution in [0.4, 0.5) is 0 Å². The van der Waals surface area contributed by atoms with Gasteiger partial charge in [0.05, 0.1) is 11.1 Å². The fourth-order valence-electron chi connectivity index (χ4n) is 2.91. The summed E-state index contributed by atoms with van der Waals surface area (Å²) >= 11 is 0. The van der Waals surface area contributed by atoms with Gasteiger partial charge in [-0.3, -0.25) is 14.5 Å². The van der Waals surface area contributed by atoms with Crippen molar-refractivity contribution in [2.75, 3.05) is 26.2 Å². The largest absolute Gasteiger partial charge is 0.508 e. The summed E-state index contributed by atoms with van der Waals surface area (Å²) in [7, 11) is 0. The first-order chi connectivity index (χ1) is 9.66. The molecule has 1 fully saturated rings. The number of phenols is 1. The van der Waals surface area contributed by atoms with E-state index in [0.29, 0.717) is 17.7 Å². The van der Waals surface area contributed by atoms with E-state index in [4.69, 9.17) is 0 Å². The van der Waals surface area contributed by atoms with Crippen LogP contribution in [0.15, 0.2) is 18.2 Å². The minimum Gasteiger partial charge on any atom is -0.508 e. The molecule has 20 heavy (non-hydrogen) atoms. The maximum Gasteiger partial charge on any atom is 0.261 e. The summed E-state index contributed by atoms with van der Waals surface area (Å²) in [4.78, 5) is 28.0. The third kappa shape index (κ3) is 2.29. The van der Waals surface area contributed by atoms with Crippen molar-refractivity contribution in [2.24, 2.45) is 0 Å². The van der Waals surface area contributed by atoms with Crippen LogP contribution in [0.3, 0.4) is 0 Å². The van der Waals surface area contributed by atoms with Gasteiger partial charge in [0.15, 0.2) is 0 Å². The second-order valence-corrected chi connectivity index (χ2v) is 5.39. The minimum absolute atomic E-state index is 0.0165. The normalized spacial score (nSPS) is 19.5. The number of nitrogens with zero attached hydrogens (tertiary/aromatic N) is 2. The molecule has 2 amide bonds. The van der Waals surface area contributed by atoms with E-state index in [-0.39, 0.29) is 17.6 Å². The van der Waals surface area contributed by atoms with Crippen LogP contribution in [0, 0.1) is 0 Å². The lowest BCUT2D eigenvalue weighted by Gasteiger charge is -2.27. The fourth-order valence-corrected chi connectivity index (χ4v) is 2.91. The molecule has 0 spiro atoms. The number of imide groups is 1. The van der Waals surface area contributed by atoms with Gasteiger partial charge >= 0.3 is 0 Å².